The van der Waals surface area contributed by atoms with Gasteiger partial charge in [0, 0.05) is 0 Å². The van der Waals surface area contributed by atoms with Gasteiger partial charge in [0.15, 0.2) is 0 Å². The summed E-state index contributed by atoms with van der Waals surface area (Å²) in [6.45, 7) is 4.64. The fraction of sp³-hybridized carbons (Fsp3) is 1.00. The topological polar surface area (TPSA) is 12.5 Å². The molecule has 0 bridgehead atoms. The van der Waals surface area contributed by atoms with Crippen LogP contribution in [-0.4, -0.2) is 12.2 Å². The van der Waals surface area contributed by atoms with Gasteiger partial charge in [0.05, 0.1) is 12.2 Å². The Morgan fingerprint density at radius 1 is 1.23 bits per heavy atom. The Labute approximate surface area is 81.9 Å². The van der Waals surface area contributed by atoms with Gasteiger partial charge >= 0.3 is 0 Å². The summed E-state index contributed by atoms with van der Waals surface area (Å²) in [5.41, 5.74) is 0. The summed E-state index contributed by atoms with van der Waals surface area (Å²) >= 11 is 0. The normalized spacial score (nSPS) is 37.6. The molecule has 13 heavy (non-hydrogen) atoms. The molecular weight excluding hydrogens is 160 g/mol. The van der Waals surface area contributed by atoms with E-state index in [4.69, 9.17) is 4.74 Å². The van der Waals surface area contributed by atoms with Crippen LogP contribution >= 0.6 is 0 Å². The molecule has 0 radical (unpaired) electrons. The van der Waals surface area contributed by atoms with Gasteiger partial charge in [0.2, 0.25) is 0 Å². The highest BCUT2D eigenvalue weighted by atomic mass is 16.6. The highest BCUT2D eigenvalue weighted by Crippen LogP contribution is 2.41. The van der Waals surface area contributed by atoms with Gasteiger partial charge in [-0.05, 0) is 31.1 Å². The Hall–Kier alpha value is -0.0400. The van der Waals surface area contributed by atoms with Gasteiger partial charge < -0.3 is 4.74 Å². The molecule has 0 aromatic heterocycles. The van der Waals surface area contributed by atoms with E-state index in [2.05, 4.69) is 13.8 Å². The van der Waals surface area contributed by atoms with Crippen LogP contribution in [0.2, 0.25) is 0 Å². The Morgan fingerprint density at radius 3 is 2.77 bits per heavy atom. The number of ether oxygens (including phenoxy) is 1. The van der Waals surface area contributed by atoms with Crippen LogP contribution in [0.25, 0.3) is 0 Å². The largest absolute Gasteiger partial charge is 0.370 e. The molecule has 2 aliphatic rings. The van der Waals surface area contributed by atoms with E-state index >= 15 is 0 Å². The number of epoxide rings is 1. The van der Waals surface area contributed by atoms with Crippen LogP contribution in [0.1, 0.15) is 52.4 Å². The third kappa shape index (κ3) is 2.70. The molecule has 3 atom stereocenters. The van der Waals surface area contributed by atoms with Gasteiger partial charge in [-0.1, -0.05) is 33.1 Å². The molecule has 1 nitrogen and oxygen atoms in total. The maximum atomic E-state index is 5.54. The van der Waals surface area contributed by atoms with E-state index in [-0.39, 0.29) is 0 Å². The fourth-order valence-electron chi connectivity index (χ4n) is 2.56. The van der Waals surface area contributed by atoms with Crippen molar-refractivity contribution >= 4 is 0 Å². The van der Waals surface area contributed by atoms with Gasteiger partial charge in [-0.15, -0.1) is 0 Å². The predicted molar refractivity (Wildman–Crippen MR) is 54.7 cm³/mol. The Bertz CT molecular complexity index is 165. The van der Waals surface area contributed by atoms with E-state index in [9.17, 15) is 0 Å². The molecule has 1 aliphatic heterocycles. The average molecular weight is 182 g/mol. The molecule has 1 heteroatoms. The Kier molecular flexibility index (Phi) is 2.92. The number of fused-ring (bicyclic) bond motifs is 1. The fourth-order valence-corrected chi connectivity index (χ4v) is 2.56. The molecule has 1 aliphatic carbocycles. The summed E-state index contributed by atoms with van der Waals surface area (Å²) < 4.78 is 5.54. The van der Waals surface area contributed by atoms with Crippen molar-refractivity contribution in [2.24, 2.45) is 11.8 Å². The molecule has 0 spiro atoms. The molecule has 2 fully saturated rings. The van der Waals surface area contributed by atoms with Gasteiger partial charge in [0.25, 0.3) is 0 Å². The zero-order valence-corrected chi connectivity index (χ0v) is 8.96. The summed E-state index contributed by atoms with van der Waals surface area (Å²) in [7, 11) is 0. The van der Waals surface area contributed by atoms with Crippen LogP contribution in [0.3, 0.4) is 0 Å². The van der Waals surface area contributed by atoms with Crippen LogP contribution in [0.5, 0.6) is 0 Å². The van der Waals surface area contributed by atoms with Crippen molar-refractivity contribution in [1.82, 2.24) is 0 Å². The first kappa shape index (κ1) is 9.51. The molecule has 0 N–H and O–H groups in total. The number of hydrogen-bond donors (Lipinski definition) is 0. The summed E-state index contributed by atoms with van der Waals surface area (Å²) in [6, 6.07) is 0. The lowest BCUT2D eigenvalue weighted by Gasteiger charge is -2.18. The second kappa shape index (κ2) is 4.00. The maximum Gasteiger partial charge on any atom is 0.0844 e. The van der Waals surface area contributed by atoms with Gasteiger partial charge in [-0.2, -0.15) is 0 Å². The van der Waals surface area contributed by atoms with Crippen LogP contribution in [0.15, 0.2) is 0 Å². The lowest BCUT2D eigenvalue weighted by molar-refractivity contribution is 0.338. The molecule has 0 aromatic carbocycles. The SMILES string of the molecule is CC(C)CCCC1CCC2OC2C1. The zero-order chi connectivity index (χ0) is 9.26. The van der Waals surface area contributed by atoms with Crippen molar-refractivity contribution in [2.75, 3.05) is 0 Å². The Morgan fingerprint density at radius 2 is 2.08 bits per heavy atom. The molecule has 0 amide bonds. The van der Waals surface area contributed by atoms with Gasteiger partial charge in [-0.25, -0.2) is 0 Å². The van der Waals surface area contributed by atoms with E-state index in [0.717, 1.165) is 11.8 Å². The van der Waals surface area contributed by atoms with Crippen LogP contribution in [-0.2, 0) is 4.74 Å². The minimum Gasteiger partial charge on any atom is -0.370 e. The van der Waals surface area contributed by atoms with Crippen molar-refractivity contribution < 1.29 is 4.74 Å². The quantitative estimate of drug-likeness (QED) is 0.607. The molecule has 0 aromatic rings. The van der Waals surface area contributed by atoms with E-state index in [1.807, 2.05) is 0 Å². The lowest BCUT2D eigenvalue weighted by atomic mass is 9.85. The molecule has 2 rings (SSSR count). The van der Waals surface area contributed by atoms with Gasteiger partial charge in [0.1, 0.15) is 0 Å². The molecule has 1 heterocycles. The molecule has 1 saturated carbocycles. The second-order valence-electron chi connectivity index (χ2n) is 5.22. The van der Waals surface area contributed by atoms with Crippen molar-refractivity contribution in [2.45, 2.75) is 64.6 Å². The molecule has 3 unspecified atom stereocenters. The summed E-state index contributed by atoms with van der Waals surface area (Å²) in [5.74, 6) is 1.87. The molecular formula is C12H22O. The molecule has 76 valence electrons. The number of hydrogen-bond acceptors (Lipinski definition) is 1. The van der Waals surface area contributed by atoms with Gasteiger partial charge in [-0.3, -0.25) is 0 Å². The highest BCUT2D eigenvalue weighted by Gasteiger charge is 2.43. The second-order valence-corrected chi connectivity index (χ2v) is 5.22. The molecule has 1 saturated heterocycles. The van der Waals surface area contributed by atoms with Crippen LogP contribution in [0, 0.1) is 11.8 Å². The van der Waals surface area contributed by atoms with Crippen molar-refractivity contribution in [3.63, 3.8) is 0 Å². The summed E-state index contributed by atoms with van der Waals surface area (Å²) in [4.78, 5) is 0. The minimum absolute atomic E-state index is 0.679. The average Bonchev–Trinajstić information content (AvgIpc) is 2.81. The van der Waals surface area contributed by atoms with Crippen molar-refractivity contribution in [3.05, 3.63) is 0 Å². The van der Waals surface area contributed by atoms with E-state index < -0.39 is 0 Å². The standard InChI is InChI=1S/C12H22O/c1-9(2)4-3-5-10-6-7-11-12(8-10)13-11/h9-12H,3-8H2,1-2H3. The van der Waals surface area contributed by atoms with Crippen molar-refractivity contribution in [1.29, 1.82) is 0 Å². The monoisotopic (exact) mass is 182 g/mol. The predicted octanol–water partition coefficient (Wildman–Crippen LogP) is 3.38. The first-order chi connectivity index (χ1) is 6.25. The first-order valence-corrected chi connectivity index (χ1v) is 5.91. The van der Waals surface area contributed by atoms with E-state index in [1.54, 1.807) is 0 Å². The third-order valence-electron chi connectivity index (χ3n) is 3.51. The van der Waals surface area contributed by atoms with Crippen LogP contribution in [0.4, 0.5) is 0 Å². The summed E-state index contributed by atoms with van der Waals surface area (Å²) in [6.07, 6.45) is 9.79. The Balaban J connectivity index is 1.59. The minimum atomic E-state index is 0.679. The zero-order valence-electron chi connectivity index (χ0n) is 8.96. The smallest absolute Gasteiger partial charge is 0.0844 e. The van der Waals surface area contributed by atoms with E-state index in [1.165, 1.54) is 38.5 Å². The van der Waals surface area contributed by atoms with E-state index in [0.29, 0.717) is 12.2 Å². The maximum absolute atomic E-state index is 5.54. The number of rotatable bonds is 4. The van der Waals surface area contributed by atoms with Crippen LogP contribution < -0.4 is 0 Å². The third-order valence-corrected chi connectivity index (χ3v) is 3.51. The lowest BCUT2D eigenvalue weighted by Crippen LogP contribution is -2.13. The highest BCUT2D eigenvalue weighted by molar-refractivity contribution is 4.91. The summed E-state index contributed by atoms with van der Waals surface area (Å²) in [5, 5.41) is 0. The first-order valence-electron chi connectivity index (χ1n) is 5.91. The van der Waals surface area contributed by atoms with Crippen molar-refractivity contribution in [3.8, 4) is 0 Å².